The Labute approximate surface area is 143 Å². The number of likely N-dealkylation sites (tertiary alicyclic amines) is 1. The molecule has 1 saturated heterocycles. The summed E-state index contributed by atoms with van der Waals surface area (Å²) in [5.41, 5.74) is 1.11. The molecule has 0 aromatic heterocycles. The largest absolute Gasteiger partial charge is 0.497 e. The van der Waals surface area contributed by atoms with Gasteiger partial charge >= 0.3 is 5.97 Å². The molecule has 0 spiro atoms. The number of aliphatic carboxylic acids is 1. The highest BCUT2D eigenvalue weighted by Crippen LogP contribution is 2.24. The summed E-state index contributed by atoms with van der Waals surface area (Å²) >= 11 is 0. The topological polar surface area (TPSA) is 66.8 Å². The Morgan fingerprint density at radius 1 is 1.29 bits per heavy atom. The fourth-order valence-corrected chi connectivity index (χ4v) is 3.37. The molecule has 1 N–H and O–H groups in total. The van der Waals surface area contributed by atoms with E-state index in [4.69, 9.17) is 9.84 Å². The molecule has 1 aromatic carbocycles. The summed E-state index contributed by atoms with van der Waals surface area (Å²) in [7, 11) is 1.63. The summed E-state index contributed by atoms with van der Waals surface area (Å²) in [4.78, 5) is 25.6. The van der Waals surface area contributed by atoms with Gasteiger partial charge in [-0.1, -0.05) is 19.1 Å². The highest BCUT2D eigenvalue weighted by molar-refractivity contribution is 5.79. The van der Waals surface area contributed by atoms with E-state index in [0.717, 1.165) is 37.1 Å². The molecule has 5 heteroatoms. The van der Waals surface area contributed by atoms with Gasteiger partial charge in [-0.3, -0.25) is 9.59 Å². The van der Waals surface area contributed by atoms with Crippen LogP contribution in [0.1, 0.15) is 44.6 Å². The van der Waals surface area contributed by atoms with Crippen molar-refractivity contribution < 1.29 is 19.4 Å². The van der Waals surface area contributed by atoms with Crippen LogP contribution in [0, 0.1) is 5.92 Å². The van der Waals surface area contributed by atoms with Crippen LogP contribution in [0.2, 0.25) is 0 Å². The molecule has 1 heterocycles. The SMILES string of the molecule is COc1ccc(C[C@@H](C)C(=O)N2CCCC[C@H]2CCC(=O)O)cc1. The summed E-state index contributed by atoms with van der Waals surface area (Å²) in [5.74, 6) is 0.0477. The third-order valence-corrected chi connectivity index (χ3v) is 4.72. The number of hydrogen-bond acceptors (Lipinski definition) is 3. The van der Waals surface area contributed by atoms with Crippen molar-refractivity contribution in [3.8, 4) is 5.75 Å². The molecule has 1 fully saturated rings. The second kappa shape index (κ2) is 8.71. The maximum atomic E-state index is 12.8. The van der Waals surface area contributed by atoms with Crippen LogP contribution in [0.5, 0.6) is 5.75 Å². The summed E-state index contributed by atoms with van der Waals surface area (Å²) in [6.45, 7) is 2.70. The van der Waals surface area contributed by atoms with Crippen molar-refractivity contribution in [2.45, 2.75) is 51.5 Å². The van der Waals surface area contributed by atoms with Gasteiger partial charge in [-0.2, -0.15) is 0 Å². The van der Waals surface area contributed by atoms with Gasteiger partial charge in [0.2, 0.25) is 5.91 Å². The second-order valence-electron chi connectivity index (χ2n) is 6.57. The maximum absolute atomic E-state index is 12.8. The highest BCUT2D eigenvalue weighted by atomic mass is 16.5. The molecule has 1 amide bonds. The van der Waals surface area contributed by atoms with Crippen LogP contribution in [-0.4, -0.2) is 41.6 Å². The Balaban J connectivity index is 1.97. The van der Waals surface area contributed by atoms with E-state index in [1.165, 1.54) is 0 Å². The number of piperidine rings is 1. The molecular weight excluding hydrogens is 306 g/mol. The Kier molecular flexibility index (Phi) is 6.64. The van der Waals surface area contributed by atoms with Gasteiger partial charge < -0.3 is 14.7 Å². The van der Waals surface area contributed by atoms with Crippen LogP contribution in [0.15, 0.2) is 24.3 Å². The minimum atomic E-state index is -0.792. The van der Waals surface area contributed by atoms with Crippen LogP contribution in [0.3, 0.4) is 0 Å². The average Bonchev–Trinajstić information content (AvgIpc) is 2.60. The Hall–Kier alpha value is -2.04. The first-order valence-corrected chi connectivity index (χ1v) is 8.66. The van der Waals surface area contributed by atoms with E-state index in [2.05, 4.69) is 0 Å². The van der Waals surface area contributed by atoms with Crippen molar-refractivity contribution in [1.82, 2.24) is 4.90 Å². The standard InChI is InChI=1S/C19H27NO4/c1-14(13-15-6-9-17(24-2)10-7-15)19(23)20-12-4-3-5-16(20)8-11-18(21)22/h6-7,9-10,14,16H,3-5,8,11-13H2,1-2H3,(H,21,22)/t14-,16+/m1/s1. The number of carboxylic acid groups (broad SMARTS) is 1. The molecule has 1 aliphatic rings. The predicted octanol–water partition coefficient (Wildman–Crippen LogP) is 3.12. The van der Waals surface area contributed by atoms with Gasteiger partial charge in [-0.15, -0.1) is 0 Å². The quantitative estimate of drug-likeness (QED) is 0.832. The third-order valence-electron chi connectivity index (χ3n) is 4.72. The van der Waals surface area contributed by atoms with Crippen molar-refractivity contribution in [1.29, 1.82) is 0 Å². The Bertz CT molecular complexity index is 555. The summed E-state index contributed by atoms with van der Waals surface area (Å²) < 4.78 is 5.15. The molecule has 1 aliphatic heterocycles. The van der Waals surface area contributed by atoms with E-state index in [-0.39, 0.29) is 24.3 Å². The third kappa shape index (κ3) is 4.98. The number of carboxylic acids is 1. The fraction of sp³-hybridized carbons (Fsp3) is 0.579. The number of rotatable bonds is 7. The van der Waals surface area contributed by atoms with E-state index in [1.807, 2.05) is 36.1 Å². The van der Waals surface area contributed by atoms with Crippen molar-refractivity contribution in [2.75, 3.05) is 13.7 Å². The first-order chi connectivity index (χ1) is 11.5. The summed E-state index contributed by atoms with van der Waals surface area (Å²) in [6, 6.07) is 7.86. The number of methoxy groups -OCH3 is 1. The smallest absolute Gasteiger partial charge is 0.303 e. The molecule has 24 heavy (non-hydrogen) atoms. The lowest BCUT2D eigenvalue weighted by molar-refractivity contribution is -0.142. The van der Waals surface area contributed by atoms with E-state index >= 15 is 0 Å². The normalized spacial score (nSPS) is 18.9. The van der Waals surface area contributed by atoms with Gasteiger partial charge in [0.25, 0.3) is 0 Å². The van der Waals surface area contributed by atoms with Crippen LogP contribution < -0.4 is 4.74 Å². The van der Waals surface area contributed by atoms with Crippen LogP contribution in [0.4, 0.5) is 0 Å². The number of hydrogen-bond donors (Lipinski definition) is 1. The molecule has 132 valence electrons. The molecule has 2 atom stereocenters. The number of amides is 1. The molecule has 1 aromatic rings. The van der Waals surface area contributed by atoms with Gasteiger partial charge in [0, 0.05) is 24.9 Å². The lowest BCUT2D eigenvalue weighted by Gasteiger charge is -2.37. The van der Waals surface area contributed by atoms with Crippen LogP contribution in [-0.2, 0) is 16.0 Å². The zero-order valence-electron chi connectivity index (χ0n) is 14.5. The van der Waals surface area contributed by atoms with Crippen LogP contribution in [0.25, 0.3) is 0 Å². The minimum absolute atomic E-state index is 0.0701. The van der Waals surface area contributed by atoms with Crippen LogP contribution >= 0.6 is 0 Å². The van der Waals surface area contributed by atoms with Crippen molar-refractivity contribution >= 4 is 11.9 Å². The zero-order chi connectivity index (χ0) is 17.5. The Morgan fingerprint density at radius 2 is 2.00 bits per heavy atom. The molecule has 5 nitrogen and oxygen atoms in total. The molecule has 0 aliphatic carbocycles. The number of carbonyl (C=O) groups is 2. The maximum Gasteiger partial charge on any atom is 0.303 e. The van der Waals surface area contributed by atoms with Gasteiger partial charge in [0.1, 0.15) is 5.75 Å². The monoisotopic (exact) mass is 333 g/mol. The van der Waals surface area contributed by atoms with Gasteiger partial charge in [-0.25, -0.2) is 0 Å². The Morgan fingerprint density at radius 3 is 2.62 bits per heavy atom. The number of benzene rings is 1. The summed E-state index contributed by atoms with van der Waals surface area (Å²) in [5, 5.41) is 8.90. The first kappa shape index (κ1) is 18.3. The highest BCUT2D eigenvalue weighted by Gasteiger charge is 2.29. The van der Waals surface area contributed by atoms with E-state index < -0.39 is 5.97 Å². The minimum Gasteiger partial charge on any atom is -0.497 e. The average molecular weight is 333 g/mol. The summed E-state index contributed by atoms with van der Waals surface area (Å²) in [6.07, 6.45) is 4.35. The number of ether oxygens (including phenoxy) is 1. The number of carbonyl (C=O) groups excluding carboxylic acids is 1. The second-order valence-corrected chi connectivity index (χ2v) is 6.57. The lowest BCUT2D eigenvalue weighted by Crippen LogP contribution is -2.46. The van der Waals surface area contributed by atoms with Gasteiger partial charge in [-0.05, 0) is 49.8 Å². The molecule has 0 saturated carbocycles. The van der Waals surface area contributed by atoms with E-state index in [1.54, 1.807) is 7.11 Å². The van der Waals surface area contributed by atoms with E-state index in [0.29, 0.717) is 12.8 Å². The van der Waals surface area contributed by atoms with Gasteiger partial charge in [0.05, 0.1) is 7.11 Å². The molecule has 0 unspecified atom stereocenters. The molecular formula is C19H27NO4. The van der Waals surface area contributed by atoms with Crippen molar-refractivity contribution in [3.05, 3.63) is 29.8 Å². The van der Waals surface area contributed by atoms with Crippen molar-refractivity contribution in [3.63, 3.8) is 0 Å². The fourth-order valence-electron chi connectivity index (χ4n) is 3.37. The lowest BCUT2D eigenvalue weighted by atomic mass is 9.94. The van der Waals surface area contributed by atoms with E-state index in [9.17, 15) is 9.59 Å². The molecule has 0 radical (unpaired) electrons. The van der Waals surface area contributed by atoms with Crippen molar-refractivity contribution in [2.24, 2.45) is 5.92 Å². The zero-order valence-corrected chi connectivity index (χ0v) is 14.5. The molecule has 0 bridgehead atoms. The predicted molar refractivity (Wildman–Crippen MR) is 92.1 cm³/mol. The molecule has 2 rings (SSSR count). The first-order valence-electron chi connectivity index (χ1n) is 8.66. The number of nitrogens with zero attached hydrogens (tertiary/aromatic N) is 1. The van der Waals surface area contributed by atoms with Gasteiger partial charge in [0.15, 0.2) is 0 Å².